The van der Waals surface area contributed by atoms with Gasteiger partial charge in [0, 0.05) is 32.4 Å². The first-order valence-corrected chi connectivity index (χ1v) is 6.27. The topological polar surface area (TPSA) is 62.3 Å². The molecule has 0 aliphatic carbocycles. The number of hydrogen-bond acceptors (Lipinski definition) is 4. The highest BCUT2D eigenvalue weighted by Gasteiger charge is 2.34. The van der Waals surface area contributed by atoms with Gasteiger partial charge in [0.1, 0.15) is 0 Å². The van der Waals surface area contributed by atoms with Gasteiger partial charge in [0.25, 0.3) is 10.0 Å². The van der Waals surface area contributed by atoms with Crippen molar-refractivity contribution in [3.05, 3.63) is 24.1 Å². The van der Waals surface area contributed by atoms with E-state index in [0.29, 0.717) is 13.1 Å². The molecule has 1 aromatic rings. The minimum Gasteiger partial charge on any atom is -0.313 e. The zero-order valence-electron chi connectivity index (χ0n) is 8.72. The van der Waals surface area contributed by atoms with Crippen molar-refractivity contribution in [2.75, 3.05) is 20.1 Å². The maximum absolute atomic E-state index is 13.3. The molecule has 0 unspecified atom stereocenters. The summed E-state index contributed by atoms with van der Waals surface area (Å²) in [5.74, 6) is -0.818. The number of pyridine rings is 1. The van der Waals surface area contributed by atoms with Crippen LogP contribution in [-0.2, 0) is 10.0 Å². The van der Waals surface area contributed by atoms with Crippen LogP contribution >= 0.6 is 0 Å². The Balaban J connectivity index is 2.35. The van der Waals surface area contributed by atoms with E-state index in [2.05, 4.69) is 10.3 Å². The van der Waals surface area contributed by atoms with Crippen molar-refractivity contribution < 1.29 is 12.8 Å². The molecule has 1 N–H and O–H groups in total. The third-order valence-corrected chi connectivity index (χ3v) is 4.47. The molecule has 16 heavy (non-hydrogen) atoms. The van der Waals surface area contributed by atoms with Gasteiger partial charge in [-0.3, -0.25) is 0 Å². The SMILES string of the molecule is CN(C1CNC1)S(=O)(=O)c1ncccc1F. The molecule has 1 aromatic heterocycles. The Bertz CT molecular complexity index is 487. The number of rotatable bonds is 3. The zero-order valence-corrected chi connectivity index (χ0v) is 9.54. The Morgan fingerprint density at radius 2 is 2.25 bits per heavy atom. The van der Waals surface area contributed by atoms with Gasteiger partial charge in [-0.05, 0) is 12.1 Å². The van der Waals surface area contributed by atoms with Gasteiger partial charge < -0.3 is 5.32 Å². The summed E-state index contributed by atoms with van der Waals surface area (Å²) >= 11 is 0. The van der Waals surface area contributed by atoms with E-state index < -0.39 is 20.9 Å². The lowest BCUT2D eigenvalue weighted by Gasteiger charge is -2.34. The number of nitrogens with zero attached hydrogens (tertiary/aromatic N) is 2. The molecule has 0 spiro atoms. The average Bonchev–Trinajstić information content (AvgIpc) is 2.15. The smallest absolute Gasteiger partial charge is 0.263 e. The van der Waals surface area contributed by atoms with E-state index in [1.54, 1.807) is 0 Å². The molecule has 5 nitrogen and oxygen atoms in total. The molecule has 0 radical (unpaired) electrons. The molecule has 2 rings (SSSR count). The lowest BCUT2D eigenvalue weighted by molar-refractivity contribution is 0.272. The van der Waals surface area contributed by atoms with E-state index in [1.165, 1.54) is 19.3 Å². The van der Waals surface area contributed by atoms with Gasteiger partial charge in [-0.25, -0.2) is 17.8 Å². The predicted octanol–water partition coefficient (Wildman–Crippen LogP) is -0.187. The normalized spacial score (nSPS) is 17.4. The van der Waals surface area contributed by atoms with Gasteiger partial charge in [0.15, 0.2) is 5.82 Å². The minimum absolute atomic E-state index is 0.119. The van der Waals surface area contributed by atoms with Crippen LogP contribution in [0.2, 0.25) is 0 Å². The fourth-order valence-electron chi connectivity index (χ4n) is 1.42. The summed E-state index contributed by atoms with van der Waals surface area (Å²) in [7, 11) is -2.38. The van der Waals surface area contributed by atoms with Crippen molar-refractivity contribution in [1.29, 1.82) is 0 Å². The highest BCUT2D eigenvalue weighted by molar-refractivity contribution is 7.89. The summed E-state index contributed by atoms with van der Waals surface area (Å²) in [6, 6.07) is 2.33. The zero-order chi connectivity index (χ0) is 11.8. The van der Waals surface area contributed by atoms with Crippen LogP contribution in [0.25, 0.3) is 0 Å². The third-order valence-electron chi connectivity index (χ3n) is 2.62. The molecule has 2 heterocycles. The number of likely N-dealkylation sites (N-methyl/N-ethyl adjacent to an activating group) is 1. The van der Waals surface area contributed by atoms with Gasteiger partial charge in [0.2, 0.25) is 5.03 Å². The van der Waals surface area contributed by atoms with Crippen LogP contribution in [0.3, 0.4) is 0 Å². The van der Waals surface area contributed by atoms with E-state index in [9.17, 15) is 12.8 Å². The maximum atomic E-state index is 13.3. The van der Waals surface area contributed by atoms with Crippen molar-refractivity contribution in [1.82, 2.24) is 14.6 Å². The van der Waals surface area contributed by atoms with Crippen LogP contribution in [0.1, 0.15) is 0 Å². The van der Waals surface area contributed by atoms with Crippen molar-refractivity contribution in [3.63, 3.8) is 0 Å². The lowest BCUT2D eigenvalue weighted by atomic mass is 10.2. The standard InChI is InChI=1S/C9H12FN3O2S/c1-13(7-5-11-6-7)16(14,15)9-8(10)3-2-4-12-9/h2-4,7,11H,5-6H2,1H3. The summed E-state index contributed by atoms with van der Waals surface area (Å²) in [6.45, 7) is 1.17. The first kappa shape index (κ1) is 11.4. The number of hydrogen-bond donors (Lipinski definition) is 1. The van der Waals surface area contributed by atoms with Gasteiger partial charge in [-0.2, -0.15) is 4.31 Å². The highest BCUT2D eigenvalue weighted by Crippen LogP contribution is 2.18. The van der Waals surface area contributed by atoms with E-state index in [4.69, 9.17) is 0 Å². The van der Waals surface area contributed by atoms with Gasteiger partial charge >= 0.3 is 0 Å². The second kappa shape index (κ2) is 4.08. The molecule has 1 fully saturated rings. The van der Waals surface area contributed by atoms with Crippen molar-refractivity contribution >= 4 is 10.0 Å². The van der Waals surface area contributed by atoms with Crippen LogP contribution < -0.4 is 5.32 Å². The molecular weight excluding hydrogens is 233 g/mol. The van der Waals surface area contributed by atoms with Crippen molar-refractivity contribution in [2.24, 2.45) is 0 Å². The molecule has 88 valence electrons. The Morgan fingerprint density at radius 3 is 2.75 bits per heavy atom. The molecule has 0 aromatic carbocycles. The first-order valence-electron chi connectivity index (χ1n) is 4.83. The van der Waals surface area contributed by atoms with E-state index in [0.717, 1.165) is 10.4 Å². The lowest BCUT2D eigenvalue weighted by Crippen LogP contribution is -2.57. The number of sulfonamides is 1. The quantitative estimate of drug-likeness (QED) is 0.802. The number of halogens is 1. The number of aromatic nitrogens is 1. The van der Waals surface area contributed by atoms with Gasteiger partial charge in [0.05, 0.1) is 0 Å². The van der Waals surface area contributed by atoms with Gasteiger partial charge in [-0.15, -0.1) is 0 Å². The van der Waals surface area contributed by atoms with E-state index in [-0.39, 0.29) is 6.04 Å². The molecule has 0 bridgehead atoms. The summed E-state index contributed by atoms with van der Waals surface area (Å²) in [4.78, 5) is 3.59. The van der Waals surface area contributed by atoms with Crippen molar-refractivity contribution in [3.8, 4) is 0 Å². The van der Waals surface area contributed by atoms with E-state index >= 15 is 0 Å². The summed E-state index contributed by atoms with van der Waals surface area (Å²) < 4.78 is 38.5. The minimum atomic E-state index is -3.82. The fourth-order valence-corrected chi connectivity index (χ4v) is 2.75. The Kier molecular flexibility index (Phi) is 2.92. The summed E-state index contributed by atoms with van der Waals surface area (Å²) in [5.41, 5.74) is 0. The maximum Gasteiger partial charge on any atom is 0.263 e. The Labute approximate surface area is 93.3 Å². The molecule has 0 amide bonds. The fraction of sp³-hybridized carbons (Fsp3) is 0.444. The van der Waals surface area contributed by atoms with Crippen LogP contribution in [0.4, 0.5) is 4.39 Å². The average molecular weight is 245 g/mol. The first-order chi connectivity index (χ1) is 7.53. The monoisotopic (exact) mass is 245 g/mol. The Morgan fingerprint density at radius 1 is 1.56 bits per heavy atom. The molecule has 1 saturated heterocycles. The Hall–Kier alpha value is -1.05. The molecule has 0 saturated carbocycles. The van der Waals surface area contributed by atoms with Crippen molar-refractivity contribution in [2.45, 2.75) is 11.1 Å². The second-order valence-corrected chi connectivity index (χ2v) is 5.54. The molecule has 1 aliphatic heterocycles. The van der Waals surface area contributed by atoms with Crippen LogP contribution in [0.15, 0.2) is 23.4 Å². The largest absolute Gasteiger partial charge is 0.313 e. The highest BCUT2D eigenvalue weighted by atomic mass is 32.2. The predicted molar refractivity (Wildman–Crippen MR) is 55.8 cm³/mol. The van der Waals surface area contributed by atoms with Crippen LogP contribution in [0.5, 0.6) is 0 Å². The summed E-state index contributed by atoms with van der Waals surface area (Å²) in [6.07, 6.45) is 1.27. The van der Waals surface area contributed by atoms with Gasteiger partial charge in [-0.1, -0.05) is 0 Å². The molecule has 1 aliphatic rings. The third kappa shape index (κ3) is 1.81. The van der Waals surface area contributed by atoms with Crippen LogP contribution in [0, 0.1) is 5.82 Å². The number of nitrogens with one attached hydrogen (secondary N) is 1. The molecular formula is C9H12FN3O2S. The second-order valence-electron chi connectivity index (χ2n) is 3.62. The van der Waals surface area contributed by atoms with Crippen LogP contribution in [-0.4, -0.2) is 43.9 Å². The molecule has 7 heteroatoms. The summed E-state index contributed by atoms with van der Waals surface area (Å²) in [5, 5.41) is 2.45. The van der Waals surface area contributed by atoms with E-state index in [1.807, 2.05) is 0 Å². The molecule has 0 atom stereocenters.